The van der Waals surface area contributed by atoms with E-state index in [0.717, 1.165) is 44.6 Å². The first kappa shape index (κ1) is 13.8. The minimum Gasteiger partial charge on any atom is -0.314 e. The zero-order valence-corrected chi connectivity index (χ0v) is 11.5. The average Bonchev–Trinajstić information content (AvgIpc) is 2.41. The molecule has 0 amide bonds. The molecule has 1 N–H and O–H groups in total. The van der Waals surface area contributed by atoms with Crippen LogP contribution >= 0.6 is 11.6 Å². The Morgan fingerprint density at radius 3 is 2.78 bits per heavy atom. The van der Waals surface area contributed by atoms with E-state index in [4.69, 9.17) is 11.6 Å². The lowest BCUT2D eigenvalue weighted by Crippen LogP contribution is -2.45. The first-order chi connectivity index (χ1) is 8.74. The molecule has 2 rings (SSSR count). The highest BCUT2D eigenvalue weighted by Gasteiger charge is 2.24. The summed E-state index contributed by atoms with van der Waals surface area (Å²) in [6.07, 6.45) is 2.09. The fourth-order valence-corrected chi connectivity index (χ4v) is 2.83. The van der Waals surface area contributed by atoms with E-state index in [-0.39, 0.29) is 16.9 Å². The molecule has 1 heterocycles. The Morgan fingerprint density at radius 2 is 2.11 bits per heavy atom. The van der Waals surface area contributed by atoms with Crippen LogP contribution in [0.15, 0.2) is 18.2 Å². The summed E-state index contributed by atoms with van der Waals surface area (Å²) in [6.45, 7) is 6.14. The molecule has 0 radical (unpaired) electrons. The molecule has 0 spiro atoms. The average molecular weight is 271 g/mol. The molecule has 0 bridgehead atoms. The van der Waals surface area contributed by atoms with Gasteiger partial charge in [0.25, 0.3) is 0 Å². The van der Waals surface area contributed by atoms with Crippen molar-refractivity contribution in [3.63, 3.8) is 0 Å². The van der Waals surface area contributed by atoms with Gasteiger partial charge in [0.15, 0.2) is 0 Å². The van der Waals surface area contributed by atoms with Crippen LogP contribution in [0.4, 0.5) is 4.39 Å². The third kappa shape index (κ3) is 3.02. The summed E-state index contributed by atoms with van der Waals surface area (Å²) in [6, 6.07) is 5.36. The van der Waals surface area contributed by atoms with Gasteiger partial charge >= 0.3 is 0 Å². The summed E-state index contributed by atoms with van der Waals surface area (Å²) < 4.78 is 13.6. The summed E-state index contributed by atoms with van der Waals surface area (Å²) in [5.74, 6) is -0.314. The van der Waals surface area contributed by atoms with Crippen LogP contribution in [0, 0.1) is 5.82 Å². The largest absolute Gasteiger partial charge is 0.314 e. The van der Waals surface area contributed by atoms with Gasteiger partial charge < -0.3 is 5.32 Å². The van der Waals surface area contributed by atoms with E-state index in [1.54, 1.807) is 6.07 Å². The number of nitrogens with zero attached hydrogens (tertiary/aromatic N) is 1. The van der Waals surface area contributed by atoms with E-state index >= 15 is 0 Å². The minimum atomic E-state index is -0.314. The van der Waals surface area contributed by atoms with Gasteiger partial charge in [0.05, 0.1) is 5.02 Å². The van der Waals surface area contributed by atoms with Gasteiger partial charge in [-0.25, -0.2) is 4.39 Å². The Bertz CT molecular complexity index is 391. The molecule has 100 valence electrons. The lowest BCUT2D eigenvalue weighted by Gasteiger charge is -2.35. The van der Waals surface area contributed by atoms with Gasteiger partial charge in [-0.2, -0.15) is 0 Å². The lowest BCUT2D eigenvalue weighted by molar-refractivity contribution is 0.164. The van der Waals surface area contributed by atoms with Crippen LogP contribution in [0.1, 0.15) is 31.4 Å². The fourth-order valence-electron chi connectivity index (χ4n) is 2.58. The highest BCUT2D eigenvalue weighted by Crippen LogP contribution is 2.32. The zero-order chi connectivity index (χ0) is 13.0. The fraction of sp³-hybridized carbons (Fsp3) is 0.571. The maximum absolute atomic E-state index is 13.6. The van der Waals surface area contributed by atoms with Gasteiger partial charge in [-0.15, -0.1) is 0 Å². The van der Waals surface area contributed by atoms with Crippen molar-refractivity contribution >= 4 is 11.6 Å². The van der Waals surface area contributed by atoms with Crippen LogP contribution < -0.4 is 5.32 Å². The molecule has 1 aromatic carbocycles. The number of hydrogen-bond donors (Lipinski definition) is 1. The van der Waals surface area contributed by atoms with Crippen molar-refractivity contribution in [1.82, 2.24) is 10.2 Å². The monoisotopic (exact) mass is 270 g/mol. The highest BCUT2D eigenvalue weighted by atomic mass is 35.5. The number of nitrogens with one attached hydrogen (secondary N) is 1. The normalized spacial score (nSPS) is 18.8. The van der Waals surface area contributed by atoms with E-state index < -0.39 is 0 Å². The Kier molecular flexibility index (Phi) is 4.98. The number of hydrogen-bond acceptors (Lipinski definition) is 2. The molecule has 18 heavy (non-hydrogen) atoms. The van der Waals surface area contributed by atoms with Crippen molar-refractivity contribution in [2.24, 2.45) is 0 Å². The van der Waals surface area contributed by atoms with E-state index in [9.17, 15) is 4.39 Å². The molecule has 1 aliphatic heterocycles. The molecular formula is C14H20ClFN2. The van der Waals surface area contributed by atoms with Gasteiger partial charge in [-0.05, 0) is 18.1 Å². The molecular weight excluding hydrogens is 251 g/mol. The topological polar surface area (TPSA) is 15.3 Å². The van der Waals surface area contributed by atoms with Crippen molar-refractivity contribution in [3.05, 3.63) is 34.6 Å². The van der Waals surface area contributed by atoms with E-state index in [1.807, 2.05) is 6.07 Å². The number of rotatable bonds is 4. The Hall–Kier alpha value is -0.640. The molecule has 0 saturated carbocycles. The second-order valence-electron chi connectivity index (χ2n) is 4.73. The molecule has 1 saturated heterocycles. The smallest absolute Gasteiger partial charge is 0.142 e. The standard InChI is InChI=1S/C14H20ClFN2/c1-2-4-13(18-9-7-17-8-10-18)11-5-3-6-12(16)14(11)15/h3,5-6,13,17H,2,4,7-10H2,1H3/t13-/m0/s1. The Labute approximate surface area is 113 Å². The van der Waals surface area contributed by atoms with Gasteiger partial charge in [0, 0.05) is 32.2 Å². The molecule has 2 nitrogen and oxygen atoms in total. The van der Waals surface area contributed by atoms with Gasteiger partial charge in [-0.1, -0.05) is 37.1 Å². The second-order valence-corrected chi connectivity index (χ2v) is 5.11. The summed E-state index contributed by atoms with van der Waals surface area (Å²) in [5, 5.41) is 3.63. The van der Waals surface area contributed by atoms with Crippen molar-refractivity contribution in [2.75, 3.05) is 26.2 Å². The summed E-state index contributed by atoms with van der Waals surface area (Å²) in [7, 11) is 0. The van der Waals surface area contributed by atoms with Crippen LogP contribution in [-0.2, 0) is 0 Å². The highest BCUT2D eigenvalue weighted by molar-refractivity contribution is 6.31. The molecule has 0 unspecified atom stereocenters. The van der Waals surface area contributed by atoms with Crippen LogP contribution in [0.5, 0.6) is 0 Å². The molecule has 1 fully saturated rings. The molecule has 1 aromatic rings. The second kappa shape index (κ2) is 6.50. The molecule has 4 heteroatoms. The maximum atomic E-state index is 13.6. The van der Waals surface area contributed by atoms with E-state index in [2.05, 4.69) is 17.1 Å². The van der Waals surface area contributed by atoms with Crippen molar-refractivity contribution in [3.8, 4) is 0 Å². The van der Waals surface area contributed by atoms with Gasteiger partial charge in [0.2, 0.25) is 0 Å². The third-order valence-electron chi connectivity index (χ3n) is 3.49. The third-order valence-corrected chi connectivity index (χ3v) is 3.89. The van der Waals surface area contributed by atoms with Crippen molar-refractivity contribution in [2.45, 2.75) is 25.8 Å². The molecule has 0 aliphatic carbocycles. The van der Waals surface area contributed by atoms with Gasteiger partial charge in [0.1, 0.15) is 5.82 Å². The quantitative estimate of drug-likeness (QED) is 0.904. The van der Waals surface area contributed by atoms with Crippen LogP contribution in [0.25, 0.3) is 0 Å². The Morgan fingerprint density at radius 1 is 1.39 bits per heavy atom. The number of piperazine rings is 1. The van der Waals surface area contributed by atoms with Crippen molar-refractivity contribution < 1.29 is 4.39 Å². The molecule has 1 atom stereocenters. The van der Waals surface area contributed by atoms with Crippen LogP contribution in [0.3, 0.4) is 0 Å². The Balaban J connectivity index is 2.25. The first-order valence-electron chi connectivity index (χ1n) is 6.62. The van der Waals surface area contributed by atoms with Crippen molar-refractivity contribution in [1.29, 1.82) is 0 Å². The lowest BCUT2D eigenvalue weighted by atomic mass is 9.99. The first-order valence-corrected chi connectivity index (χ1v) is 7.00. The predicted octanol–water partition coefficient (Wildman–Crippen LogP) is 3.23. The number of halogens is 2. The van der Waals surface area contributed by atoms with Crippen LogP contribution in [0.2, 0.25) is 5.02 Å². The summed E-state index contributed by atoms with van der Waals surface area (Å²) >= 11 is 6.13. The number of benzene rings is 1. The van der Waals surface area contributed by atoms with Gasteiger partial charge in [-0.3, -0.25) is 4.90 Å². The van der Waals surface area contributed by atoms with E-state index in [0.29, 0.717) is 0 Å². The predicted molar refractivity (Wildman–Crippen MR) is 73.5 cm³/mol. The van der Waals surface area contributed by atoms with Crippen LogP contribution in [-0.4, -0.2) is 31.1 Å². The minimum absolute atomic E-state index is 0.236. The maximum Gasteiger partial charge on any atom is 0.142 e. The van der Waals surface area contributed by atoms with E-state index in [1.165, 1.54) is 6.07 Å². The summed E-state index contributed by atoms with van der Waals surface area (Å²) in [4.78, 5) is 2.40. The summed E-state index contributed by atoms with van der Waals surface area (Å²) in [5.41, 5.74) is 0.931. The SMILES string of the molecule is CCC[C@@H](c1cccc(F)c1Cl)N1CCNCC1. The molecule has 1 aliphatic rings. The molecule has 0 aromatic heterocycles. The zero-order valence-electron chi connectivity index (χ0n) is 10.8.